The molecule has 0 bridgehead atoms. The van der Waals surface area contributed by atoms with Crippen molar-refractivity contribution in [3.63, 3.8) is 0 Å². The molecule has 0 fully saturated rings. The van der Waals surface area contributed by atoms with Crippen LogP contribution in [0.5, 0.6) is 5.75 Å². The Morgan fingerprint density at radius 1 is 1.05 bits per heavy atom. The van der Waals surface area contributed by atoms with Crippen LogP contribution in [0.25, 0.3) is 11.0 Å². The van der Waals surface area contributed by atoms with E-state index in [4.69, 9.17) is 20.8 Å². The molecule has 4 aromatic rings. The van der Waals surface area contributed by atoms with Crippen molar-refractivity contribution < 1.29 is 23.8 Å². The monoisotopic (exact) mass is 530 g/mol. The number of aliphatic hydroxyl groups is 1. The maximum Gasteiger partial charge on any atom is 0.290 e. The summed E-state index contributed by atoms with van der Waals surface area (Å²) >= 11 is 6.10. The highest BCUT2D eigenvalue weighted by Crippen LogP contribution is 2.41. The molecule has 0 aliphatic carbocycles. The Labute approximate surface area is 225 Å². The molecule has 1 atom stereocenters. The molecule has 38 heavy (non-hydrogen) atoms. The van der Waals surface area contributed by atoms with Crippen LogP contribution >= 0.6 is 11.6 Å². The molecule has 3 aromatic carbocycles. The van der Waals surface area contributed by atoms with Crippen LogP contribution < -0.4 is 9.64 Å². The van der Waals surface area contributed by atoms with E-state index in [1.165, 1.54) is 4.90 Å². The quantitative estimate of drug-likeness (QED) is 0.268. The van der Waals surface area contributed by atoms with E-state index >= 15 is 0 Å². The number of rotatable bonds is 8. The summed E-state index contributed by atoms with van der Waals surface area (Å²) in [6.45, 7) is 2.64. The molecule has 0 radical (unpaired) electrons. The average molecular weight is 531 g/mol. The second-order valence-electron chi connectivity index (χ2n) is 9.28. The van der Waals surface area contributed by atoms with Gasteiger partial charge in [0.15, 0.2) is 11.5 Å². The molecule has 1 aliphatic rings. The fourth-order valence-corrected chi connectivity index (χ4v) is 4.84. The first kappa shape index (κ1) is 25.4. The summed E-state index contributed by atoms with van der Waals surface area (Å²) in [4.78, 5) is 30.6. The number of halogens is 1. The summed E-state index contributed by atoms with van der Waals surface area (Å²) in [5, 5.41) is 12.2. The predicted molar refractivity (Wildman–Crippen MR) is 147 cm³/mol. The number of hydrogen-bond donors (Lipinski definition) is 1. The third-order valence-electron chi connectivity index (χ3n) is 6.56. The zero-order valence-electron chi connectivity index (χ0n) is 21.3. The largest absolute Gasteiger partial charge is 0.503 e. The van der Waals surface area contributed by atoms with Gasteiger partial charge in [-0.25, -0.2) is 0 Å². The number of anilines is 1. The Balaban J connectivity index is 1.55. The SMILES string of the molecule is CCOc1ccc(CN2C(=O)C(O)=C(C(=O)c3cc4cc(Cl)ccc4o3)C2c2ccc(N(C)C)cc2)cc1. The molecule has 0 spiro atoms. The molecule has 8 heteroatoms. The van der Waals surface area contributed by atoms with Crippen LogP contribution in [0.4, 0.5) is 5.69 Å². The van der Waals surface area contributed by atoms with Crippen LogP contribution in [-0.2, 0) is 11.3 Å². The van der Waals surface area contributed by atoms with Crippen molar-refractivity contribution in [3.8, 4) is 5.75 Å². The lowest BCUT2D eigenvalue weighted by Crippen LogP contribution is -2.30. The van der Waals surface area contributed by atoms with Crippen LogP contribution in [0.15, 0.2) is 88.5 Å². The van der Waals surface area contributed by atoms with Crippen LogP contribution in [-0.4, -0.2) is 42.4 Å². The van der Waals surface area contributed by atoms with Crippen LogP contribution in [0.2, 0.25) is 5.02 Å². The molecule has 7 nitrogen and oxygen atoms in total. The number of Topliss-reactive ketones (excluding diaryl/α,β-unsaturated/α-hetero) is 1. The van der Waals surface area contributed by atoms with E-state index in [1.54, 1.807) is 24.3 Å². The number of ether oxygens (including phenoxy) is 1. The molecule has 0 saturated heterocycles. The number of benzene rings is 3. The minimum Gasteiger partial charge on any atom is -0.503 e. The van der Waals surface area contributed by atoms with Gasteiger partial charge in [-0.15, -0.1) is 0 Å². The van der Waals surface area contributed by atoms with Gasteiger partial charge >= 0.3 is 0 Å². The van der Waals surface area contributed by atoms with Crippen LogP contribution in [0.3, 0.4) is 0 Å². The number of ketones is 1. The van der Waals surface area contributed by atoms with Crippen molar-refractivity contribution >= 4 is 39.9 Å². The first-order chi connectivity index (χ1) is 18.3. The van der Waals surface area contributed by atoms with E-state index in [0.717, 1.165) is 17.0 Å². The lowest BCUT2D eigenvalue weighted by atomic mass is 9.94. The van der Waals surface area contributed by atoms with E-state index < -0.39 is 23.5 Å². The van der Waals surface area contributed by atoms with E-state index in [0.29, 0.717) is 28.2 Å². The van der Waals surface area contributed by atoms with Gasteiger partial charge in [0, 0.05) is 36.7 Å². The fourth-order valence-electron chi connectivity index (χ4n) is 4.66. The molecular weight excluding hydrogens is 504 g/mol. The third-order valence-corrected chi connectivity index (χ3v) is 6.80. The number of furan rings is 1. The minimum atomic E-state index is -0.811. The van der Waals surface area contributed by atoms with Gasteiger partial charge in [-0.2, -0.15) is 0 Å². The first-order valence-electron chi connectivity index (χ1n) is 12.2. The molecule has 0 saturated carbocycles. The lowest BCUT2D eigenvalue weighted by Gasteiger charge is -2.27. The Morgan fingerprint density at radius 2 is 1.76 bits per heavy atom. The van der Waals surface area contributed by atoms with Gasteiger partial charge in [0.1, 0.15) is 11.3 Å². The molecule has 2 heterocycles. The fraction of sp³-hybridized carbons (Fsp3) is 0.200. The number of carbonyl (C=O) groups excluding carboxylic acids is 2. The summed E-state index contributed by atoms with van der Waals surface area (Å²) < 4.78 is 11.3. The molecular formula is C30H27ClN2O5. The summed E-state index contributed by atoms with van der Waals surface area (Å²) in [6.07, 6.45) is 0. The molecule has 1 aromatic heterocycles. The standard InChI is InChI=1S/C30H27ClN2O5/c1-4-37-23-12-5-18(6-13-23)17-33-27(19-7-10-22(11-8-19)32(2)3)26(29(35)30(33)36)28(34)25-16-20-15-21(31)9-14-24(20)38-25/h5-16,27,35H,4,17H2,1-3H3. The number of nitrogens with zero attached hydrogens (tertiary/aromatic N) is 2. The first-order valence-corrected chi connectivity index (χ1v) is 12.6. The summed E-state index contributed by atoms with van der Waals surface area (Å²) in [6, 6.07) is 20.8. The second-order valence-corrected chi connectivity index (χ2v) is 9.72. The Bertz CT molecular complexity index is 1540. The summed E-state index contributed by atoms with van der Waals surface area (Å²) in [5.41, 5.74) is 2.95. The maximum atomic E-state index is 13.8. The molecule has 5 rings (SSSR count). The average Bonchev–Trinajstić information content (AvgIpc) is 3.44. The topological polar surface area (TPSA) is 83.2 Å². The van der Waals surface area contributed by atoms with Crippen molar-refractivity contribution in [1.29, 1.82) is 0 Å². The van der Waals surface area contributed by atoms with Crippen molar-refractivity contribution in [3.05, 3.63) is 106 Å². The lowest BCUT2D eigenvalue weighted by molar-refractivity contribution is -0.130. The highest BCUT2D eigenvalue weighted by atomic mass is 35.5. The van der Waals surface area contributed by atoms with Gasteiger partial charge in [-0.05, 0) is 66.6 Å². The Hall–Kier alpha value is -4.23. The van der Waals surface area contributed by atoms with E-state index in [1.807, 2.05) is 74.4 Å². The van der Waals surface area contributed by atoms with Gasteiger partial charge in [-0.1, -0.05) is 35.9 Å². The third kappa shape index (κ3) is 4.73. The normalized spacial score (nSPS) is 15.4. The van der Waals surface area contributed by atoms with Gasteiger partial charge < -0.3 is 24.1 Å². The van der Waals surface area contributed by atoms with Crippen molar-refractivity contribution in [2.75, 3.05) is 25.6 Å². The number of aliphatic hydroxyl groups excluding tert-OH is 1. The summed E-state index contributed by atoms with van der Waals surface area (Å²) in [5.74, 6) is -1.01. The molecule has 194 valence electrons. The number of carbonyl (C=O) groups is 2. The van der Waals surface area contributed by atoms with Crippen molar-refractivity contribution in [2.45, 2.75) is 19.5 Å². The zero-order chi connectivity index (χ0) is 27.0. The smallest absolute Gasteiger partial charge is 0.290 e. The van der Waals surface area contributed by atoms with Crippen molar-refractivity contribution in [1.82, 2.24) is 4.90 Å². The summed E-state index contributed by atoms with van der Waals surface area (Å²) in [7, 11) is 3.86. The van der Waals surface area contributed by atoms with Gasteiger partial charge in [0.2, 0.25) is 5.78 Å². The highest BCUT2D eigenvalue weighted by Gasteiger charge is 2.44. The highest BCUT2D eigenvalue weighted by molar-refractivity contribution is 6.31. The molecule has 1 aliphatic heterocycles. The van der Waals surface area contributed by atoms with Gasteiger partial charge in [0.05, 0.1) is 18.2 Å². The molecule has 1 N–H and O–H groups in total. The number of fused-ring (bicyclic) bond motifs is 1. The number of hydrogen-bond acceptors (Lipinski definition) is 6. The second kappa shape index (κ2) is 10.3. The maximum absolute atomic E-state index is 13.8. The van der Waals surface area contributed by atoms with E-state index in [9.17, 15) is 14.7 Å². The van der Waals surface area contributed by atoms with Gasteiger partial charge in [0.25, 0.3) is 5.91 Å². The van der Waals surface area contributed by atoms with Crippen LogP contribution in [0, 0.1) is 0 Å². The van der Waals surface area contributed by atoms with Gasteiger partial charge in [-0.3, -0.25) is 9.59 Å². The van der Waals surface area contributed by atoms with Crippen LogP contribution in [0.1, 0.15) is 34.6 Å². The number of amides is 1. The molecule has 1 unspecified atom stereocenters. The van der Waals surface area contributed by atoms with E-state index in [2.05, 4.69) is 0 Å². The predicted octanol–water partition coefficient (Wildman–Crippen LogP) is 6.33. The molecule has 1 amide bonds. The Kier molecular flexibility index (Phi) is 6.87. The minimum absolute atomic E-state index is 0.0226. The van der Waals surface area contributed by atoms with E-state index in [-0.39, 0.29) is 17.9 Å². The Morgan fingerprint density at radius 3 is 2.42 bits per heavy atom. The zero-order valence-corrected chi connectivity index (χ0v) is 22.0. The van der Waals surface area contributed by atoms with Crippen molar-refractivity contribution in [2.24, 2.45) is 0 Å².